The average Bonchev–Trinajstić information content (AvgIpc) is 2.30. The van der Waals surface area contributed by atoms with Gasteiger partial charge in [0.15, 0.2) is 0 Å². The minimum absolute atomic E-state index is 0.313. The Morgan fingerprint density at radius 2 is 2.24 bits per heavy atom. The minimum Gasteiger partial charge on any atom is -0.366 e. The number of rotatable bonds is 4. The molecule has 5 heteroatoms. The van der Waals surface area contributed by atoms with Crippen LogP contribution in [0.5, 0.6) is 0 Å². The van der Waals surface area contributed by atoms with Crippen LogP contribution >= 0.6 is 0 Å². The molecule has 1 atom stereocenters. The molecular formula is C12H13N3O2. The fourth-order valence-corrected chi connectivity index (χ4v) is 1.31. The zero-order valence-electron chi connectivity index (χ0n) is 9.43. The van der Waals surface area contributed by atoms with Gasteiger partial charge in [-0.2, -0.15) is 5.26 Å². The van der Waals surface area contributed by atoms with E-state index in [1.54, 1.807) is 25.1 Å². The summed E-state index contributed by atoms with van der Waals surface area (Å²) < 4.78 is 0. The fraction of sp³-hybridized carbons (Fsp3) is 0.250. The van der Waals surface area contributed by atoms with Crippen molar-refractivity contribution in [2.24, 2.45) is 11.7 Å². The number of primary amides is 1. The van der Waals surface area contributed by atoms with Gasteiger partial charge in [0.2, 0.25) is 11.8 Å². The van der Waals surface area contributed by atoms with E-state index in [1.807, 2.05) is 6.07 Å². The first-order valence-corrected chi connectivity index (χ1v) is 5.18. The van der Waals surface area contributed by atoms with Crippen LogP contribution in [0.25, 0.3) is 0 Å². The molecule has 1 unspecified atom stereocenters. The molecule has 0 spiro atoms. The number of anilines is 1. The molecule has 0 aliphatic heterocycles. The lowest BCUT2D eigenvalue weighted by atomic mass is 10.1. The second-order valence-electron chi connectivity index (χ2n) is 3.52. The Balaban J connectivity index is 2.82. The van der Waals surface area contributed by atoms with Crippen LogP contribution in [0.15, 0.2) is 24.3 Å². The van der Waals surface area contributed by atoms with Crippen molar-refractivity contribution >= 4 is 17.5 Å². The van der Waals surface area contributed by atoms with E-state index in [4.69, 9.17) is 11.0 Å². The Morgan fingerprint density at radius 1 is 1.53 bits per heavy atom. The third-order valence-electron chi connectivity index (χ3n) is 2.30. The van der Waals surface area contributed by atoms with Crippen LogP contribution in [-0.2, 0) is 4.79 Å². The van der Waals surface area contributed by atoms with E-state index in [-0.39, 0.29) is 5.91 Å². The fourth-order valence-electron chi connectivity index (χ4n) is 1.31. The lowest BCUT2D eigenvalue weighted by Crippen LogP contribution is -2.21. The summed E-state index contributed by atoms with van der Waals surface area (Å²) in [5.41, 5.74) is 5.89. The summed E-state index contributed by atoms with van der Waals surface area (Å²) >= 11 is 0. The van der Waals surface area contributed by atoms with E-state index in [0.717, 1.165) is 0 Å². The lowest BCUT2D eigenvalue weighted by Gasteiger charge is -2.08. The van der Waals surface area contributed by atoms with Gasteiger partial charge in [-0.05, 0) is 24.6 Å². The van der Waals surface area contributed by atoms with Crippen molar-refractivity contribution < 1.29 is 9.59 Å². The summed E-state index contributed by atoms with van der Waals surface area (Å²) in [7, 11) is 0. The van der Waals surface area contributed by atoms with Gasteiger partial charge in [-0.1, -0.05) is 13.0 Å². The largest absolute Gasteiger partial charge is 0.366 e. The van der Waals surface area contributed by atoms with Crippen LogP contribution in [0.1, 0.15) is 23.7 Å². The van der Waals surface area contributed by atoms with Gasteiger partial charge >= 0.3 is 0 Å². The van der Waals surface area contributed by atoms with Gasteiger partial charge in [0, 0.05) is 11.3 Å². The number of carbonyl (C=O) groups excluding carboxylic acids is 2. The van der Waals surface area contributed by atoms with E-state index in [2.05, 4.69) is 5.32 Å². The van der Waals surface area contributed by atoms with Crippen molar-refractivity contribution in [1.82, 2.24) is 0 Å². The molecule has 1 aromatic carbocycles. The van der Waals surface area contributed by atoms with Crippen molar-refractivity contribution in [3.8, 4) is 6.07 Å². The number of nitriles is 1. The first kappa shape index (κ1) is 12.7. The van der Waals surface area contributed by atoms with Crippen LogP contribution in [0.3, 0.4) is 0 Å². The van der Waals surface area contributed by atoms with Crippen LogP contribution < -0.4 is 11.1 Å². The molecule has 0 radical (unpaired) electrons. The van der Waals surface area contributed by atoms with E-state index < -0.39 is 11.8 Å². The predicted molar refractivity (Wildman–Crippen MR) is 63.0 cm³/mol. The first-order chi connectivity index (χ1) is 8.08. The Kier molecular flexibility index (Phi) is 4.23. The molecular weight excluding hydrogens is 218 g/mol. The quantitative estimate of drug-likeness (QED) is 0.816. The van der Waals surface area contributed by atoms with Gasteiger partial charge in [-0.3, -0.25) is 9.59 Å². The number of nitrogens with two attached hydrogens (primary N) is 1. The van der Waals surface area contributed by atoms with Gasteiger partial charge in [0.25, 0.3) is 0 Å². The van der Waals surface area contributed by atoms with Crippen LogP contribution in [0.2, 0.25) is 0 Å². The Morgan fingerprint density at radius 3 is 2.76 bits per heavy atom. The monoisotopic (exact) mass is 231 g/mol. The normalized spacial score (nSPS) is 11.3. The number of nitrogens with zero attached hydrogens (tertiary/aromatic N) is 1. The summed E-state index contributed by atoms with van der Waals surface area (Å²) in [6, 6.07) is 8.18. The third-order valence-corrected chi connectivity index (χ3v) is 2.30. The Hall–Kier alpha value is -2.35. The Bertz CT molecular complexity index is 477. The van der Waals surface area contributed by atoms with Crippen molar-refractivity contribution in [3.63, 3.8) is 0 Å². The molecule has 0 aliphatic rings. The molecule has 0 aromatic heterocycles. The highest BCUT2D eigenvalue weighted by Crippen LogP contribution is 2.12. The highest BCUT2D eigenvalue weighted by Gasteiger charge is 2.15. The number of hydrogen-bond donors (Lipinski definition) is 2. The molecule has 0 heterocycles. The van der Waals surface area contributed by atoms with Crippen molar-refractivity contribution in [2.75, 3.05) is 5.32 Å². The van der Waals surface area contributed by atoms with Crippen molar-refractivity contribution in [2.45, 2.75) is 13.3 Å². The zero-order valence-corrected chi connectivity index (χ0v) is 9.43. The molecule has 2 amide bonds. The van der Waals surface area contributed by atoms with E-state index >= 15 is 0 Å². The van der Waals surface area contributed by atoms with Gasteiger partial charge in [0.1, 0.15) is 5.92 Å². The van der Waals surface area contributed by atoms with Gasteiger partial charge in [-0.25, -0.2) is 0 Å². The maximum Gasteiger partial charge on any atom is 0.248 e. The summed E-state index contributed by atoms with van der Waals surface area (Å²) in [6.45, 7) is 1.76. The predicted octanol–water partition coefficient (Wildman–Crippen LogP) is 1.27. The smallest absolute Gasteiger partial charge is 0.248 e. The first-order valence-electron chi connectivity index (χ1n) is 5.18. The van der Waals surface area contributed by atoms with Crippen LogP contribution in [0, 0.1) is 17.2 Å². The average molecular weight is 231 g/mol. The number of hydrogen-bond acceptors (Lipinski definition) is 3. The Labute approximate surface area is 99.2 Å². The summed E-state index contributed by atoms with van der Waals surface area (Å²) in [6.07, 6.45) is 0.442. The van der Waals surface area contributed by atoms with Gasteiger partial charge in [-0.15, -0.1) is 0 Å². The molecule has 88 valence electrons. The number of nitrogens with one attached hydrogen (secondary N) is 1. The SMILES string of the molecule is CCC(C#N)C(=O)Nc1cccc(C(N)=O)c1. The van der Waals surface area contributed by atoms with E-state index in [9.17, 15) is 9.59 Å². The summed E-state index contributed by atoms with van der Waals surface area (Å²) in [5.74, 6) is -1.63. The van der Waals surface area contributed by atoms with Crippen LogP contribution in [-0.4, -0.2) is 11.8 Å². The highest BCUT2D eigenvalue weighted by molar-refractivity contribution is 5.97. The van der Waals surface area contributed by atoms with E-state index in [1.165, 1.54) is 6.07 Å². The molecule has 0 saturated carbocycles. The van der Waals surface area contributed by atoms with Crippen molar-refractivity contribution in [1.29, 1.82) is 5.26 Å². The summed E-state index contributed by atoms with van der Waals surface area (Å²) in [4.78, 5) is 22.5. The molecule has 0 aliphatic carbocycles. The molecule has 1 aromatic rings. The van der Waals surface area contributed by atoms with Gasteiger partial charge in [0.05, 0.1) is 6.07 Å². The van der Waals surface area contributed by atoms with Crippen LogP contribution in [0.4, 0.5) is 5.69 Å². The molecule has 17 heavy (non-hydrogen) atoms. The molecule has 3 N–H and O–H groups in total. The summed E-state index contributed by atoms with van der Waals surface area (Å²) in [5, 5.41) is 11.3. The molecule has 0 fully saturated rings. The second kappa shape index (κ2) is 5.66. The topological polar surface area (TPSA) is 96.0 Å². The molecule has 0 saturated heterocycles. The standard InChI is InChI=1S/C12H13N3O2/c1-2-8(7-13)12(17)15-10-5-3-4-9(6-10)11(14)16/h3-6,8H,2H2,1H3,(H2,14,16)(H,15,17). The third kappa shape index (κ3) is 3.31. The highest BCUT2D eigenvalue weighted by atomic mass is 16.2. The van der Waals surface area contributed by atoms with Crippen molar-refractivity contribution in [3.05, 3.63) is 29.8 Å². The minimum atomic E-state index is -0.688. The van der Waals surface area contributed by atoms with E-state index in [0.29, 0.717) is 17.7 Å². The lowest BCUT2D eigenvalue weighted by molar-refractivity contribution is -0.118. The zero-order chi connectivity index (χ0) is 12.8. The van der Waals surface area contributed by atoms with Gasteiger partial charge < -0.3 is 11.1 Å². The molecule has 0 bridgehead atoms. The number of carbonyl (C=O) groups is 2. The number of benzene rings is 1. The maximum absolute atomic E-state index is 11.6. The molecule has 1 rings (SSSR count). The second-order valence-corrected chi connectivity index (χ2v) is 3.52. The number of amides is 2. The molecule has 5 nitrogen and oxygen atoms in total. The maximum atomic E-state index is 11.6.